The standard InChI is InChI=1S/C9H9FN2O/c1-5(11)9-12-7-4-6(10)2-3-8(7)13-9/h2-5H,11H2,1H3/t5-/m1/s1. The molecular weight excluding hydrogens is 171 g/mol. The smallest absolute Gasteiger partial charge is 0.212 e. The van der Waals surface area contributed by atoms with Gasteiger partial charge in [-0.15, -0.1) is 0 Å². The van der Waals surface area contributed by atoms with Crippen molar-refractivity contribution in [3.05, 3.63) is 29.9 Å². The molecular formula is C9H9FN2O. The normalized spacial score (nSPS) is 13.5. The first-order valence-corrected chi connectivity index (χ1v) is 3.98. The summed E-state index contributed by atoms with van der Waals surface area (Å²) < 4.78 is 18.0. The van der Waals surface area contributed by atoms with Crippen molar-refractivity contribution in [1.29, 1.82) is 0 Å². The Bertz CT molecular complexity index is 436. The van der Waals surface area contributed by atoms with Crippen molar-refractivity contribution in [2.45, 2.75) is 13.0 Å². The highest BCUT2D eigenvalue weighted by Gasteiger charge is 2.09. The molecule has 1 atom stereocenters. The lowest BCUT2D eigenvalue weighted by Crippen LogP contribution is -2.04. The molecule has 0 saturated carbocycles. The van der Waals surface area contributed by atoms with Crippen LogP contribution in [0.5, 0.6) is 0 Å². The van der Waals surface area contributed by atoms with E-state index in [0.717, 1.165) is 0 Å². The van der Waals surface area contributed by atoms with Crippen molar-refractivity contribution in [2.75, 3.05) is 0 Å². The van der Waals surface area contributed by atoms with Crippen molar-refractivity contribution >= 4 is 11.1 Å². The summed E-state index contributed by atoms with van der Waals surface area (Å²) in [6.07, 6.45) is 0. The van der Waals surface area contributed by atoms with Crippen LogP contribution in [0, 0.1) is 5.82 Å². The van der Waals surface area contributed by atoms with Gasteiger partial charge in [-0.05, 0) is 19.1 Å². The Morgan fingerprint density at radius 2 is 2.31 bits per heavy atom. The minimum Gasteiger partial charge on any atom is -0.439 e. The van der Waals surface area contributed by atoms with Crippen LogP contribution in [0.15, 0.2) is 22.6 Å². The molecule has 68 valence electrons. The number of aromatic nitrogens is 1. The SMILES string of the molecule is C[C@@H](N)c1nc2cc(F)ccc2o1. The zero-order chi connectivity index (χ0) is 9.42. The van der Waals surface area contributed by atoms with Gasteiger partial charge in [0.1, 0.15) is 11.3 Å². The Balaban J connectivity index is 2.62. The van der Waals surface area contributed by atoms with Crippen LogP contribution in [0.3, 0.4) is 0 Å². The average Bonchev–Trinajstić information content (AvgIpc) is 2.46. The number of nitrogens with two attached hydrogens (primary N) is 1. The lowest BCUT2D eigenvalue weighted by atomic mass is 10.3. The maximum absolute atomic E-state index is 12.7. The maximum Gasteiger partial charge on any atom is 0.212 e. The first-order chi connectivity index (χ1) is 6.16. The van der Waals surface area contributed by atoms with E-state index in [2.05, 4.69) is 4.98 Å². The molecule has 1 aromatic heterocycles. The van der Waals surface area contributed by atoms with Gasteiger partial charge in [0, 0.05) is 6.07 Å². The summed E-state index contributed by atoms with van der Waals surface area (Å²) in [5.41, 5.74) is 6.64. The van der Waals surface area contributed by atoms with Gasteiger partial charge in [-0.3, -0.25) is 0 Å². The Labute approximate surface area is 74.4 Å². The molecule has 1 aromatic carbocycles. The monoisotopic (exact) mass is 180 g/mol. The summed E-state index contributed by atoms with van der Waals surface area (Å²) >= 11 is 0. The number of nitrogens with zero attached hydrogens (tertiary/aromatic N) is 1. The Morgan fingerprint density at radius 3 is 3.00 bits per heavy atom. The van der Waals surface area contributed by atoms with Crippen molar-refractivity contribution < 1.29 is 8.81 Å². The predicted octanol–water partition coefficient (Wildman–Crippen LogP) is 1.99. The Morgan fingerprint density at radius 1 is 1.54 bits per heavy atom. The van der Waals surface area contributed by atoms with Crippen molar-refractivity contribution in [3.8, 4) is 0 Å². The molecule has 0 aliphatic carbocycles. The first-order valence-electron chi connectivity index (χ1n) is 3.98. The van der Waals surface area contributed by atoms with E-state index in [-0.39, 0.29) is 11.9 Å². The summed E-state index contributed by atoms with van der Waals surface area (Å²) in [7, 11) is 0. The zero-order valence-electron chi connectivity index (χ0n) is 7.12. The number of halogens is 1. The lowest BCUT2D eigenvalue weighted by Gasteiger charge is -1.94. The molecule has 0 saturated heterocycles. The summed E-state index contributed by atoms with van der Waals surface area (Å²) in [5.74, 6) is 0.109. The molecule has 0 radical (unpaired) electrons. The second-order valence-electron chi connectivity index (χ2n) is 2.95. The fourth-order valence-electron chi connectivity index (χ4n) is 1.11. The quantitative estimate of drug-likeness (QED) is 0.730. The van der Waals surface area contributed by atoms with Gasteiger partial charge in [0.2, 0.25) is 5.89 Å². The first kappa shape index (κ1) is 8.19. The molecule has 0 aliphatic heterocycles. The number of fused-ring (bicyclic) bond motifs is 1. The fourth-order valence-corrected chi connectivity index (χ4v) is 1.11. The Hall–Kier alpha value is -1.42. The van der Waals surface area contributed by atoms with E-state index in [0.29, 0.717) is 17.0 Å². The van der Waals surface area contributed by atoms with Gasteiger partial charge < -0.3 is 10.2 Å². The van der Waals surface area contributed by atoms with Crippen molar-refractivity contribution in [3.63, 3.8) is 0 Å². The third kappa shape index (κ3) is 1.40. The van der Waals surface area contributed by atoms with Crippen molar-refractivity contribution in [1.82, 2.24) is 4.98 Å². The van der Waals surface area contributed by atoms with E-state index < -0.39 is 0 Å². The van der Waals surface area contributed by atoms with E-state index >= 15 is 0 Å². The summed E-state index contributed by atoms with van der Waals surface area (Å²) in [6.45, 7) is 1.76. The van der Waals surface area contributed by atoms with E-state index in [1.54, 1.807) is 13.0 Å². The highest BCUT2D eigenvalue weighted by molar-refractivity contribution is 5.72. The predicted molar refractivity (Wildman–Crippen MR) is 46.6 cm³/mol. The van der Waals surface area contributed by atoms with Crippen LogP contribution >= 0.6 is 0 Å². The minimum atomic E-state index is -0.322. The number of benzene rings is 1. The molecule has 0 aliphatic rings. The van der Waals surface area contributed by atoms with E-state index in [1.807, 2.05) is 0 Å². The number of oxazole rings is 1. The van der Waals surface area contributed by atoms with Gasteiger partial charge in [0.05, 0.1) is 6.04 Å². The van der Waals surface area contributed by atoms with Gasteiger partial charge in [-0.25, -0.2) is 9.37 Å². The van der Waals surface area contributed by atoms with Gasteiger partial charge in [-0.2, -0.15) is 0 Å². The molecule has 0 fully saturated rings. The van der Waals surface area contributed by atoms with Crippen molar-refractivity contribution in [2.24, 2.45) is 5.73 Å². The molecule has 0 unspecified atom stereocenters. The largest absolute Gasteiger partial charge is 0.439 e. The van der Waals surface area contributed by atoms with Crippen LogP contribution < -0.4 is 5.73 Å². The van der Waals surface area contributed by atoms with Gasteiger partial charge in [0.25, 0.3) is 0 Å². The van der Waals surface area contributed by atoms with E-state index in [4.69, 9.17) is 10.2 Å². The Kier molecular flexibility index (Phi) is 1.77. The van der Waals surface area contributed by atoms with Crippen LogP contribution in [0.1, 0.15) is 18.9 Å². The zero-order valence-corrected chi connectivity index (χ0v) is 7.12. The fraction of sp³-hybridized carbons (Fsp3) is 0.222. The third-order valence-electron chi connectivity index (χ3n) is 1.76. The summed E-state index contributed by atoms with van der Waals surface area (Å²) in [4.78, 5) is 4.04. The van der Waals surface area contributed by atoms with Crippen LogP contribution in [0.2, 0.25) is 0 Å². The molecule has 3 nitrogen and oxygen atoms in total. The minimum absolute atomic E-state index is 0.268. The molecule has 0 bridgehead atoms. The second kappa shape index (κ2) is 2.81. The number of hydrogen-bond acceptors (Lipinski definition) is 3. The summed E-state index contributed by atoms with van der Waals surface area (Å²) in [5, 5.41) is 0. The lowest BCUT2D eigenvalue weighted by molar-refractivity contribution is 0.492. The molecule has 13 heavy (non-hydrogen) atoms. The molecule has 1 heterocycles. The molecule has 2 rings (SSSR count). The molecule has 0 amide bonds. The molecule has 2 aromatic rings. The second-order valence-corrected chi connectivity index (χ2v) is 2.95. The van der Waals surface area contributed by atoms with Gasteiger partial charge in [0.15, 0.2) is 5.58 Å². The summed E-state index contributed by atoms with van der Waals surface area (Å²) in [6, 6.07) is 3.93. The third-order valence-corrected chi connectivity index (χ3v) is 1.76. The van der Waals surface area contributed by atoms with Crippen LogP contribution in [0.25, 0.3) is 11.1 Å². The number of hydrogen-bond donors (Lipinski definition) is 1. The van der Waals surface area contributed by atoms with Gasteiger partial charge in [-0.1, -0.05) is 0 Å². The molecule has 4 heteroatoms. The van der Waals surface area contributed by atoms with Crippen LogP contribution in [0.4, 0.5) is 4.39 Å². The highest BCUT2D eigenvalue weighted by Crippen LogP contribution is 2.19. The highest BCUT2D eigenvalue weighted by atomic mass is 19.1. The topological polar surface area (TPSA) is 52.0 Å². The average molecular weight is 180 g/mol. The van der Waals surface area contributed by atoms with E-state index in [9.17, 15) is 4.39 Å². The molecule has 0 spiro atoms. The van der Waals surface area contributed by atoms with Crippen LogP contribution in [-0.4, -0.2) is 4.98 Å². The van der Waals surface area contributed by atoms with Crippen LogP contribution in [-0.2, 0) is 0 Å². The molecule has 2 N–H and O–H groups in total. The van der Waals surface area contributed by atoms with Gasteiger partial charge >= 0.3 is 0 Å². The maximum atomic E-state index is 12.7. The number of rotatable bonds is 1. The van der Waals surface area contributed by atoms with E-state index in [1.165, 1.54) is 12.1 Å².